The van der Waals surface area contributed by atoms with Gasteiger partial charge in [-0.3, -0.25) is 9.78 Å². The molecule has 1 fully saturated rings. The van der Waals surface area contributed by atoms with E-state index >= 15 is 0 Å². The van der Waals surface area contributed by atoms with Gasteiger partial charge in [0.05, 0.1) is 28.6 Å². The topological polar surface area (TPSA) is 77.4 Å². The molecule has 0 aliphatic carbocycles. The minimum Gasteiger partial charge on any atom is -0.461 e. The van der Waals surface area contributed by atoms with E-state index in [0.717, 1.165) is 10.6 Å². The first-order chi connectivity index (χ1) is 13.3. The van der Waals surface area contributed by atoms with Gasteiger partial charge in [0, 0.05) is 25.1 Å². The SMILES string of the molecule is O=C(c1ccc(-c2ccccn2)s1)N1CCOC(COc2ncccn2)C1. The van der Waals surface area contributed by atoms with Crippen LogP contribution in [-0.4, -0.2) is 58.2 Å². The van der Waals surface area contributed by atoms with Crippen LogP contribution in [0.4, 0.5) is 0 Å². The predicted molar refractivity (Wildman–Crippen MR) is 101 cm³/mol. The lowest BCUT2D eigenvalue weighted by Crippen LogP contribution is -2.47. The average Bonchev–Trinajstić information content (AvgIpc) is 3.24. The van der Waals surface area contributed by atoms with E-state index in [9.17, 15) is 4.79 Å². The maximum absolute atomic E-state index is 12.9. The van der Waals surface area contributed by atoms with Crippen molar-refractivity contribution in [2.75, 3.05) is 26.3 Å². The zero-order valence-electron chi connectivity index (χ0n) is 14.5. The van der Waals surface area contributed by atoms with Crippen molar-refractivity contribution in [1.29, 1.82) is 0 Å². The highest BCUT2D eigenvalue weighted by atomic mass is 32.1. The molecule has 3 aromatic rings. The fourth-order valence-electron chi connectivity index (χ4n) is 2.79. The van der Waals surface area contributed by atoms with Crippen molar-refractivity contribution in [1.82, 2.24) is 19.9 Å². The first-order valence-corrected chi connectivity index (χ1v) is 9.43. The van der Waals surface area contributed by atoms with Gasteiger partial charge in [0.1, 0.15) is 12.7 Å². The number of thiophene rings is 1. The Hall–Kier alpha value is -2.84. The fourth-order valence-corrected chi connectivity index (χ4v) is 3.74. The van der Waals surface area contributed by atoms with Crippen molar-refractivity contribution in [3.63, 3.8) is 0 Å². The Labute approximate surface area is 160 Å². The summed E-state index contributed by atoms with van der Waals surface area (Å²) in [4.78, 5) is 28.7. The third-order valence-electron chi connectivity index (χ3n) is 4.10. The molecular weight excluding hydrogens is 364 g/mol. The number of hydrogen-bond donors (Lipinski definition) is 0. The van der Waals surface area contributed by atoms with E-state index in [1.54, 1.807) is 29.6 Å². The first-order valence-electron chi connectivity index (χ1n) is 8.61. The van der Waals surface area contributed by atoms with Crippen LogP contribution in [0.3, 0.4) is 0 Å². The Kier molecular flexibility index (Phi) is 5.36. The Balaban J connectivity index is 1.38. The standard InChI is InChI=1S/C19H18N4O3S/c24-18(17-6-5-16(27-17)15-4-1-2-7-20-15)23-10-11-25-14(12-23)13-26-19-21-8-3-9-22-19/h1-9,14H,10-13H2. The van der Waals surface area contributed by atoms with Crippen LogP contribution in [0.5, 0.6) is 6.01 Å². The average molecular weight is 382 g/mol. The van der Waals surface area contributed by atoms with Crippen molar-refractivity contribution < 1.29 is 14.3 Å². The van der Waals surface area contributed by atoms with Gasteiger partial charge in [0.15, 0.2) is 0 Å². The second-order valence-corrected chi connectivity index (χ2v) is 7.05. The summed E-state index contributed by atoms with van der Waals surface area (Å²) in [6.07, 6.45) is 4.78. The van der Waals surface area contributed by atoms with Gasteiger partial charge in [0.2, 0.25) is 0 Å². The van der Waals surface area contributed by atoms with Crippen molar-refractivity contribution in [3.8, 4) is 16.6 Å². The second kappa shape index (κ2) is 8.24. The van der Waals surface area contributed by atoms with Crippen molar-refractivity contribution in [2.24, 2.45) is 0 Å². The zero-order chi connectivity index (χ0) is 18.5. The normalized spacial score (nSPS) is 16.9. The molecule has 1 aliphatic heterocycles. The number of ether oxygens (including phenoxy) is 2. The van der Waals surface area contributed by atoms with Gasteiger partial charge in [-0.05, 0) is 30.3 Å². The van der Waals surface area contributed by atoms with Crippen LogP contribution in [0.1, 0.15) is 9.67 Å². The Bertz CT molecular complexity index is 888. The molecule has 1 aliphatic rings. The number of aromatic nitrogens is 3. The quantitative estimate of drug-likeness (QED) is 0.675. The third-order valence-corrected chi connectivity index (χ3v) is 5.20. The van der Waals surface area contributed by atoms with E-state index in [-0.39, 0.29) is 12.0 Å². The molecule has 0 radical (unpaired) electrons. The molecule has 0 spiro atoms. The summed E-state index contributed by atoms with van der Waals surface area (Å²) in [6, 6.07) is 11.6. The number of carbonyl (C=O) groups is 1. The van der Waals surface area contributed by atoms with Crippen molar-refractivity contribution in [3.05, 3.63) is 59.9 Å². The molecule has 138 valence electrons. The fraction of sp³-hybridized carbons (Fsp3) is 0.263. The van der Waals surface area contributed by atoms with Crippen LogP contribution in [0, 0.1) is 0 Å². The molecule has 27 heavy (non-hydrogen) atoms. The van der Waals surface area contributed by atoms with Crippen LogP contribution in [0.25, 0.3) is 10.6 Å². The molecule has 0 bridgehead atoms. The maximum atomic E-state index is 12.9. The molecule has 8 heteroatoms. The van der Waals surface area contributed by atoms with E-state index in [1.165, 1.54) is 11.3 Å². The zero-order valence-corrected chi connectivity index (χ0v) is 15.3. The monoisotopic (exact) mass is 382 g/mol. The molecule has 0 saturated carbocycles. The summed E-state index contributed by atoms with van der Waals surface area (Å²) >= 11 is 1.45. The number of rotatable bonds is 5. The highest BCUT2D eigenvalue weighted by Crippen LogP contribution is 2.27. The van der Waals surface area contributed by atoms with E-state index in [0.29, 0.717) is 37.2 Å². The summed E-state index contributed by atoms with van der Waals surface area (Å²) in [7, 11) is 0. The van der Waals surface area contributed by atoms with Gasteiger partial charge in [-0.25, -0.2) is 9.97 Å². The lowest BCUT2D eigenvalue weighted by atomic mass is 10.2. The van der Waals surface area contributed by atoms with Crippen LogP contribution in [0.2, 0.25) is 0 Å². The molecule has 1 amide bonds. The van der Waals surface area contributed by atoms with Crippen LogP contribution in [0.15, 0.2) is 55.0 Å². The summed E-state index contributed by atoms with van der Waals surface area (Å²) < 4.78 is 11.3. The molecule has 1 atom stereocenters. The number of nitrogens with zero attached hydrogens (tertiary/aromatic N) is 4. The molecule has 4 rings (SSSR count). The Morgan fingerprint density at radius 1 is 1.15 bits per heavy atom. The molecule has 4 heterocycles. The molecule has 0 N–H and O–H groups in total. The second-order valence-electron chi connectivity index (χ2n) is 5.97. The first kappa shape index (κ1) is 17.6. The minimum absolute atomic E-state index is 0.00597. The molecule has 1 unspecified atom stereocenters. The lowest BCUT2D eigenvalue weighted by molar-refractivity contribution is -0.0412. The molecule has 3 aromatic heterocycles. The number of pyridine rings is 1. The minimum atomic E-state index is -0.207. The number of hydrogen-bond acceptors (Lipinski definition) is 7. The van der Waals surface area contributed by atoms with E-state index < -0.39 is 0 Å². The predicted octanol–water partition coefficient (Wildman–Crippen LogP) is 2.52. The summed E-state index contributed by atoms with van der Waals surface area (Å²) in [6.45, 7) is 1.82. The van der Waals surface area contributed by atoms with Crippen LogP contribution >= 0.6 is 11.3 Å². The highest BCUT2D eigenvalue weighted by Gasteiger charge is 2.26. The van der Waals surface area contributed by atoms with Gasteiger partial charge in [-0.1, -0.05) is 6.07 Å². The summed E-state index contributed by atoms with van der Waals surface area (Å²) in [5.41, 5.74) is 0.873. The summed E-state index contributed by atoms with van der Waals surface area (Å²) in [5.74, 6) is 0.00597. The number of carbonyl (C=O) groups excluding carboxylic acids is 1. The Morgan fingerprint density at radius 3 is 2.81 bits per heavy atom. The smallest absolute Gasteiger partial charge is 0.316 e. The maximum Gasteiger partial charge on any atom is 0.316 e. The highest BCUT2D eigenvalue weighted by molar-refractivity contribution is 7.17. The number of morpholine rings is 1. The number of amides is 1. The molecular formula is C19H18N4O3S. The van der Waals surface area contributed by atoms with Crippen molar-refractivity contribution >= 4 is 17.2 Å². The Morgan fingerprint density at radius 2 is 2.00 bits per heavy atom. The molecule has 0 aromatic carbocycles. The van der Waals surface area contributed by atoms with Gasteiger partial charge >= 0.3 is 6.01 Å². The summed E-state index contributed by atoms with van der Waals surface area (Å²) in [5, 5.41) is 0. The van der Waals surface area contributed by atoms with Gasteiger partial charge in [-0.2, -0.15) is 0 Å². The van der Waals surface area contributed by atoms with E-state index in [1.807, 2.05) is 30.3 Å². The van der Waals surface area contributed by atoms with Crippen LogP contribution < -0.4 is 4.74 Å². The van der Waals surface area contributed by atoms with E-state index in [2.05, 4.69) is 15.0 Å². The van der Waals surface area contributed by atoms with Crippen molar-refractivity contribution in [2.45, 2.75) is 6.10 Å². The van der Waals surface area contributed by atoms with E-state index in [4.69, 9.17) is 9.47 Å². The van der Waals surface area contributed by atoms with Gasteiger partial charge in [0.25, 0.3) is 5.91 Å². The van der Waals surface area contributed by atoms with Gasteiger partial charge in [-0.15, -0.1) is 11.3 Å². The van der Waals surface area contributed by atoms with Gasteiger partial charge < -0.3 is 14.4 Å². The molecule has 1 saturated heterocycles. The van der Waals surface area contributed by atoms with Crippen LogP contribution in [-0.2, 0) is 4.74 Å². The third kappa shape index (κ3) is 4.29. The molecule has 7 nitrogen and oxygen atoms in total. The lowest BCUT2D eigenvalue weighted by Gasteiger charge is -2.32. The largest absolute Gasteiger partial charge is 0.461 e.